The Morgan fingerprint density at radius 3 is 2.86 bits per heavy atom. The fourth-order valence-corrected chi connectivity index (χ4v) is 2.31. The third-order valence-corrected chi connectivity index (χ3v) is 3.37. The lowest BCUT2D eigenvalue weighted by Gasteiger charge is -2.26. The molecule has 2 aliphatic rings. The van der Waals surface area contributed by atoms with Crippen LogP contribution in [0.25, 0.3) is 0 Å². The first-order chi connectivity index (χ1) is 6.77. The molecule has 0 aromatic rings. The number of hydrogen-bond acceptors (Lipinski definition) is 2. The zero-order chi connectivity index (χ0) is 10.0. The maximum Gasteiger partial charge on any atom is 0.227 e. The first-order valence-corrected chi connectivity index (χ1v) is 5.78. The lowest BCUT2D eigenvalue weighted by atomic mass is 9.81. The third-order valence-electron chi connectivity index (χ3n) is 3.37. The highest BCUT2D eigenvalue weighted by Crippen LogP contribution is 2.32. The number of carbonyl (C=O) groups is 1. The van der Waals surface area contributed by atoms with Gasteiger partial charge < -0.3 is 10.6 Å². The van der Waals surface area contributed by atoms with E-state index in [2.05, 4.69) is 17.6 Å². The van der Waals surface area contributed by atoms with E-state index in [4.69, 9.17) is 0 Å². The van der Waals surface area contributed by atoms with Gasteiger partial charge in [0.2, 0.25) is 5.91 Å². The molecule has 1 unspecified atom stereocenters. The van der Waals surface area contributed by atoms with E-state index in [9.17, 15) is 4.79 Å². The number of rotatable bonds is 4. The van der Waals surface area contributed by atoms with Crippen molar-refractivity contribution in [1.82, 2.24) is 10.6 Å². The van der Waals surface area contributed by atoms with E-state index in [-0.39, 0.29) is 5.41 Å². The minimum Gasteiger partial charge on any atom is -0.353 e. The predicted molar refractivity (Wildman–Crippen MR) is 56.0 cm³/mol. The van der Waals surface area contributed by atoms with Crippen LogP contribution in [-0.4, -0.2) is 25.0 Å². The van der Waals surface area contributed by atoms with Crippen molar-refractivity contribution in [2.75, 3.05) is 13.1 Å². The molecule has 2 N–H and O–H groups in total. The summed E-state index contributed by atoms with van der Waals surface area (Å²) in [6.45, 7) is 4.03. The average Bonchev–Trinajstić information content (AvgIpc) is 2.83. The molecule has 0 radical (unpaired) electrons. The molecule has 1 aliphatic heterocycles. The summed E-state index contributed by atoms with van der Waals surface area (Å²) in [5, 5.41) is 6.45. The molecule has 0 spiro atoms. The molecule has 80 valence electrons. The highest BCUT2D eigenvalue weighted by molar-refractivity contribution is 5.83. The summed E-state index contributed by atoms with van der Waals surface area (Å²) in [6.07, 6.45) is 5.50. The lowest BCUT2D eigenvalue weighted by molar-refractivity contribution is -0.130. The van der Waals surface area contributed by atoms with Crippen LogP contribution in [-0.2, 0) is 4.79 Å². The second-order valence-corrected chi connectivity index (χ2v) is 4.70. The highest BCUT2D eigenvalue weighted by atomic mass is 16.2. The van der Waals surface area contributed by atoms with Gasteiger partial charge in [0, 0.05) is 12.6 Å². The van der Waals surface area contributed by atoms with Crippen LogP contribution in [0.4, 0.5) is 0 Å². The summed E-state index contributed by atoms with van der Waals surface area (Å²) in [4.78, 5) is 12.1. The van der Waals surface area contributed by atoms with Crippen molar-refractivity contribution in [2.45, 2.75) is 45.1 Å². The normalized spacial score (nSPS) is 31.8. The van der Waals surface area contributed by atoms with Crippen LogP contribution in [0.2, 0.25) is 0 Å². The Hall–Kier alpha value is -0.570. The lowest BCUT2D eigenvalue weighted by Crippen LogP contribution is -2.43. The standard InChI is InChI=1S/C11H20N2O/c1-2-5-11(6-7-12-8-11)10(14)13-9-3-4-9/h9,12H,2-8H2,1H3,(H,13,14). The number of hydrogen-bond donors (Lipinski definition) is 2. The molecule has 1 aliphatic carbocycles. The zero-order valence-corrected chi connectivity index (χ0v) is 8.94. The molecule has 14 heavy (non-hydrogen) atoms. The Bertz CT molecular complexity index is 217. The maximum absolute atomic E-state index is 12.1. The summed E-state index contributed by atoms with van der Waals surface area (Å²) in [5.41, 5.74) is -0.0860. The molecule has 3 heteroatoms. The Balaban J connectivity index is 1.96. The van der Waals surface area contributed by atoms with Gasteiger partial charge in [-0.15, -0.1) is 0 Å². The monoisotopic (exact) mass is 196 g/mol. The van der Waals surface area contributed by atoms with E-state index in [1.165, 1.54) is 12.8 Å². The largest absolute Gasteiger partial charge is 0.353 e. The molecule has 1 saturated heterocycles. The van der Waals surface area contributed by atoms with Crippen LogP contribution < -0.4 is 10.6 Å². The maximum atomic E-state index is 12.1. The molecular formula is C11H20N2O. The van der Waals surface area contributed by atoms with Crippen molar-refractivity contribution in [3.63, 3.8) is 0 Å². The Labute approximate surface area is 85.6 Å². The SMILES string of the molecule is CCCC1(C(=O)NC2CC2)CCNC1. The number of nitrogens with one attached hydrogen (secondary N) is 2. The van der Waals surface area contributed by atoms with Crippen LogP contribution in [0.1, 0.15) is 39.0 Å². The van der Waals surface area contributed by atoms with Gasteiger partial charge in [-0.1, -0.05) is 13.3 Å². The number of carbonyl (C=O) groups excluding carboxylic acids is 1. The molecule has 2 rings (SSSR count). The fraction of sp³-hybridized carbons (Fsp3) is 0.909. The predicted octanol–water partition coefficient (Wildman–Crippen LogP) is 1.04. The Morgan fingerprint density at radius 2 is 2.36 bits per heavy atom. The molecule has 2 fully saturated rings. The van der Waals surface area contributed by atoms with Crippen molar-refractivity contribution in [3.05, 3.63) is 0 Å². The summed E-state index contributed by atoms with van der Waals surface area (Å²) >= 11 is 0. The fourth-order valence-electron chi connectivity index (χ4n) is 2.31. The van der Waals surface area contributed by atoms with Gasteiger partial charge in [0.1, 0.15) is 0 Å². The summed E-state index contributed by atoms with van der Waals surface area (Å²) in [7, 11) is 0. The molecule has 0 bridgehead atoms. The second kappa shape index (κ2) is 3.89. The summed E-state index contributed by atoms with van der Waals surface area (Å²) in [5.74, 6) is 0.298. The molecule has 3 nitrogen and oxygen atoms in total. The van der Waals surface area contributed by atoms with Crippen molar-refractivity contribution >= 4 is 5.91 Å². The zero-order valence-electron chi connectivity index (χ0n) is 8.94. The molecule has 1 saturated carbocycles. The van der Waals surface area contributed by atoms with E-state index < -0.39 is 0 Å². The van der Waals surface area contributed by atoms with E-state index in [0.717, 1.165) is 32.4 Å². The quantitative estimate of drug-likeness (QED) is 0.705. The Kier molecular flexibility index (Phi) is 2.77. The van der Waals surface area contributed by atoms with Crippen molar-refractivity contribution in [1.29, 1.82) is 0 Å². The molecular weight excluding hydrogens is 176 g/mol. The number of amides is 1. The van der Waals surface area contributed by atoms with Gasteiger partial charge in [0.05, 0.1) is 5.41 Å². The van der Waals surface area contributed by atoms with Crippen LogP contribution in [0.3, 0.4) is 0 Å². The first-order valence-electron chi connectivity index (χ1n) is 5.78. The molecule has 1 amide bonds. The smallest absolute Gasteiger partial charge is 0.227 e. The van der Waals surface area contributed by atoms with E-state index >= 15 is 0 Å². The molecule has 0 aromatic carbocycles. The van der Waals surface area contributed by atoms with Crippen molar-refractivity contribution in [3.8, 4) is 0 Å². The van der Waals surface area contributed by atoms with Crippen LogP contribution in [0.5, 0.6) is 0 Å². The van der Waals surface area contributed by atoms with E-state index in [1.54, 1.807) is 0 Å². The van der Waals surface area contributed by atoms with Crippen molar-refractivity contribution < 1.29 is 4.79 Å². The topological polar surface area (TPSA) is 41.1 Å². The minimum atomic E-state index is -0.0860. The van der Waals surface area contributed by atoms with Gasteiger partial charge in [0.25, 0.3) is 0 Å². The summed E-state index contributed by atoms with van der Waals surface area (Å²) < 4.78 is 0. The highest BCUT2D eigenvalue weighted by Gasteiger charge is 2.41. The first kappa shape index (κ1) is 9.97. The second-order valence-electron chi connectivity index (χ2n) is 4.70. The van der Waals surface area contributed by atoms with Gasteiger partial charge in [-0.25, -0.2) is 0 Å². The minimum absolute atomic E-state index is 0.0860. The van der Waals surface area contributed by atoms with Crippen LogP contribution in [0.15, 0.2) is 0 Å². The van der Waals surface area contributed by atoms with Crippen LogP contribution in [0, 0.1) is 5.41 Å². The molecule has 0 aromatic heterocycles. The Morgan fingerprint density at radius 1 is 1.57 bits per heavy atom. The molecule has 1 heterocycles. The van der Waals surface area contributed by atoms with E-state index in [1.807, 2.05) is 0 Å². The van der Waals surface area contributed by atoms with Crippen LogP contribution >= 0.6 is 0 Å². The van der Waals surface area contributed by atoms with Gasteiger partial charge in [-0.3, -0.25) is 4.79 Å². The molecule has 1 atom stereocenters. The van der Waals surface area contributed by atoms with E-state index in [0.29, 0.717) is 11.9 Å². The average molecular weight is 196 g/mol. The van der Waals surface area contributed by atoms with Gasteiger partial charge in [-0.2, -0.15) is 0 Å². The van der Waals surface area contributed by atoms with Crippen molar-refractivity contribution in [2.24, 2.45) is 5.41 Å². The van der Waals surface area contributed by atoms with Gasteiger partial charge in [-0.05, 0) is 32.2 Å². The van der Waals surface area contributed by atoms with Gasteiger partial charge in [0.15, 0.2) is 0 Å². The third kappa shape index (κ3) is 1.92. The summed E-state index contributed by atoms with van der Waals surface area (Å²) in [6, 6.07) is 0.497. The van der Waals surface area contributed by atoms with Gasteiger partial charge >= 0.3 is 0 Å².